The quantitative estimate of drug-likeness (QED) is 0.0270. The van der Waals surface area contributed by atoms with Crippen LogP contribution in [0.2, 0.25) is 0 Å². The van der Waals surface area contributed by atoms with Crippen LogP contribution >= 0.6 is 0 Å². The molecule has 0 saturated carbocycles. The van der Waals surface area contributed by atoms with E-state index in [1.165, 1.54) is 25.7 Å². The number of unbranched alkanes of at least 4 members (excludes halogenated alkanes) is 13. The van der Waals surface area contributed by atoms with Crippen molar-refractivity contribution in [1.29, 1.82) is 0 Å². The highest BCUT2D eigenvalue weighted by atomic mass is 16.6. The van der Waals surface area contributed by atoms with Crippen molar-refractivity contribution in [3.05, 3.63) is 85.1 Å². The summed E-state index contributed by atoms with van der Waals surface area (Å²) >= 11 is 0. The van der Waals surface area contributed by atoms with Gasteiger partial charge in [-0.15, -0.1) is 0 Å². The molecule has 0 aliphatic heterocycles. The van der Waals surface area contributed by atoms with E-state index in [1.54, 1.807) is 0 Å². The number of hydrogen-bond acceptors (Lipinski definition) is 6. The lowest BCUT2D eigenvalue weighted by atomic mass is 10.1. The van der Waals surface area contributed by atoms with Gasteiger partial charge in [0.15, 0.2) is 6.10 Å². The average molecular weight is 765 g/mol. The molecule has 0 aromatic heterocycles. The van der Waals surface area contributed by atoms with Crippen molar-refractivity contribution in [3.63, 3.8) is 0 Å². The van der Waals surface area contributed by atoms with Crippen LogP contribution in [0.15, 0.2) is 85.1 Å². The number of carbonyl (C=O) groups is 3. The van der Waals surface area contributed by atoms with Gasteiger partial charge in [-0.25, -0.2) is 0 Å². The molecule has 0 N–H and O–H groups in total. The third kappa shape index (κ3) is 41.6. The Morgan fingerprint density at radius 2 is 0.709 bits per heavy atom. The normalized spacial score (nSPS) is 12.9. The van der Waals surface area contributed by atoms with E-state index in [9.17, 15) is 14.4 Å². The van der Waals surface area contributed by atoms with Gasteiger partial charge in [-0.3, -0.25) is 14.4 Å². The summed E-state index contributed by atoms with van der Waals surface area (Å²) in [4.78, 5) is 37.7. The van der Waals surface area contributed by atoms with Crippen LogP contribution in [0.3, 0.4) is 0 Å². The van der Waals surface area contributed by atoms with Gasteiger partial charge >= 0.3 is 17.9 Å². The fourth-order valence-corrected chi connectivity index (χ4v) is 5.57. The van der Waals surface area contributed by atoms with Crippen LogP contribution in [0.1, 0.15) is 188 Å². The van der Waals surface area contributed by atoms with Gasteiger partial charge in [0.1, 0.15) is 13.2 Å². The molecule has 0 radical (unpaired) electrons. The number of esters is 3. The first kappa shape index (κ1) is 51.6. The van der Waals surface area contributed by atoms with E-state index >= 15 is 0 Å². The van der Waals surface area contributed by atoms with Crippen molar-refractivity contribution in [3.8, 4) is 0 Å². The van der Waals surface area contributed by atoms with Crippen molar-refractivity contribution in [2.75, 3.05) is 13.2 Å². The molecule has 0 rings (SSSR count). The topological polar surface area (TPSA) is 78.9 Å². The maximum atomic E-state index is 12.7. The molecule has 6 heteroatoms. The lowest BCUT2D eigenvalue weighted by molar-refractivity contribution is -0.167. The van der Waals surface area contributed by atoms with Crippen molar-refractivity contribution < 1.29 is 28.6 Å². The maximum Gasteiger partial charge on any atom is 0.306 e. The Kier molecular flexibility index (Phi) is 40.6. The Morgan fingerprint density at radius 3 is 1.15 bits per heavy atom. The van der Waals surface area contributed by atoms with Gasteiger partial charge in [0, 0.05) is 19.3 Å². The highest BCUT2D eigenvalue weighted by Crippen LogP contribution is 2.12. The Labute approximate surface area is 337 Å². The van der Waals surface area contributed by atoms with E-state index in [-0.39, 0.29) is 37.5 Å². The molecular weight excluding hydrogens is 685 g/mol. The first-order valence-corrected chi connectivity index (χ1v) is 22.1. The van der Waals surface area contributed by atoms with Crippen LogP contribution in [0.5, 0.6) is 0 Å². The molecule has 1 atom stereocenters. The van der Waals surface area contributed by atoms with E-state index in [1.807, 2.05) is 0 Å². The van der Waals surface area contributed by atoms with Crippen LogP contribution in [0.25, 0.3) is 0 Å². The zero-order chi connectivity index (χ0) is 40.1. The van der Waals surface area contributed by atoms with Gasteiger partial charge in [0.05, 0.1) is 0 Å². The lowest BCUT2D eigenvalue weighted by Crippen LogP contribution is -2.30. The summed E-state index contributed by atoms with van der Waals surface area (Å²) in [6, 6.07) is 0. The van der Waals surface area contributed by atoms with Crippen molar-refractivity contribution in [2.24, 2.45) is 0 Å². The Balaban J connectivity index is 4.51. The zero-order valence-corrected chi connectivity index (χ0v) is 35.4. The predicted octanol–water partition coefficient (Wildman–Crippen LogP) is 14.1. The first-order chi connectivity index (χ1) is 27.0. The second kappa shape index (κ2) is 43.3. The second-order valence-corrected chi connectivity index (χ2v) is 14.2. The Bertz CT molecular complexity index is 1110. The highest BCUT2D eigenvalue weighted by Gasteiger charge is 2.19. The first-order valence-electron chi connectivity index (χ1n) is 22.1. The largest absolute Gasteiger partial charge is 0.462 e. The van der Waals surface area contributed by atoms with Crippen LogP contribution in [-0.4, -0.2) is 37.2 Å². The Morgan fingerprint density at radius 1 is 0.382 bits per heavy atom. The molecule has 0 bridgehead atoms. The van der Waals surface area contributed by atoms with Gasteiger partial charge in [-0.2, -0.15) is 0 Å². The summed E-state index contributed by atoms with van der Waals surface area (Å²) in [5.74, 6) is -0.984. The van der Waals surface area contributed by atoms with E-state index in [0.29, 0.717) is 12.8 Å². The molecule has 55 heavy (non-hydrogen) atoms. The maximum absolute atomic E-state index is 12.7. The van der Waals surface area contributed by atoms with Gasteiger partial charge in [-0.05, 0) is 103 Å². The van der Waals surface area contributed by atoms with Crippen LogP contribution < -0.4 is 0 Å². The summed E-state index contributed by atoms with van der Waals surface area (Å²) in [5, 5.41) is 0. The summed E-state index contributed by atoms with van der Waals surface area (Å²) in [6.07, 6.45) is 54.2. The fraction of sp³-hybridized carbons (Fsp3) is 0.653. The number of rotatable bonds is 38. The molecule has 0 amide bonds. The number of hydrogen-bond donors (Lipinski definition) is 0. The fourth-order valence-electron chi connectivity index (χ4n) is 5.57. The second-order valence-electron chi connectivity index (χ2n) is 14.2. The van der Waals surface area contributed by atoms with Gasteiger partial charge in [0.25, 0.3) is 0 Å². The molecule has 6 nitrogen and oxygen atoms in total. The molecular formula is C49H80O6. The molecule has 0 aliphatic carbocycles. The predicted molar refractivity (Wildman–Crippen MR) is 233 cm³/mol. The van der Waals surface area contributed by atoms with Crippen molar-refractivity contribution >= 4 is 17.9 Å². The minimum Gasteiger partial charge on any atom is -0.462 e. The van der Waals surface area contributed by atoms with Gasteiger partial charge in [-0.1, -0.05) is 151 Å². The van der Waals surface area contributed by atoms with Gasteiger partial charge in [0.2, 0.25) is 0 Å². The molecule has 0 spiro atoms. The third-order valence-electron chi connectivity index (χ3n) is 8.86. The molecule has 0 fully saturated rings. The molecule has 0 saturated heterocycles. The van der Waals surface area contributed by atoms with Crippen LogP contribution in [0, 0.1) is 0 Å². The molecule has 0 aliphatic rings. The lowest BCUT2D eigenvalue weighted by Gasteiger charge is -2.18. The Hall–Kier alpha value is -3.41. The average Bonchev–Trinajstić information content (AvgIpc) is 3.18. The smallest absolute Gasteiger partial charge is 0.306 e. The van der Waals surface area contributed by atoms with Crippen LogP contribution in [0.4, 0.5) is 0 Å². The van der Waals surface area contributed by atoms with E-state index in [0.717, 1.165) is 122 Å². The van der Waals surface area contributed by atoms with E-state index in [4.69, 9.17) is 14.2 Å². The summed E-state index contributed by atoms with van der Waals surface area (Å²) in [7, 11) is 0. The minimum absolute atomic E-state index is 0.104. The number of ether oxygens (including phenoxy) is 3. The molecule has 0 aromatic carbocycles. The number of carbonyl (C=O) groups excluding carboxylic acids is 3. The number of allylic oxidation sites excluding steroid dienone is 14. The van der Waals surface area contributed by atoms with E-state index < -0.39 is 6.10 Å². The monoisotopic (exact) mass is 765 g/mol. The molecule has 1 unspecified atom stereocenters. The third-order valence-corrected chi connectivity index (χ3v) is 8.86. The summed E-state index contributed by atoms with van der Waals surface area (Å²) in [6.45, 7) is 6.28. The van der Waals surface area contributed by atoms with Crippen molar-refractivity contribution in [1.82, 2.24) is 0 Å². The SMILES string of the molecule is CC/C=C\C/C=C\C/C=C\CCCCCC(=O)OCC(COC(=O)CCCCCCC/C=C\CCCC)OC(=O)CCCCC/C=C\C/C=C\C/C=C\CC. The van der Waals surface area contributed by atoms with Gasteiger partial charge < -0.3 is 14.2 Å². The van der Waals surface area contributed by atoms with Crippen molar-refractivity contribution in [2.45, 2.75) is 194 Å². The van der Waals surface area contributed by atoms with Crippen LogP contribution in [-0.2, 0) is 28.6 Å². The summed E-state index contributed by atoms with van der Waals surface area (Å²) < 4.78 is 16.6. The zero-order valence-electron chi connectivity index (χ0n) is 35.4. The molecule has 0 heterocycles. The minimum atomic E-state index is -0.805. The standard InChI is InChI=1S/C49H80O6/c1-4-7-10-13-16-19-22-24-27-30-33-36-39-42-48(51)54-45-46(44-53-47(50)41-38-35-32-29-26-21-18-15-12-9-6-3)55-49(52)43-40-37-34-31-28-25-23-20-17-14-11-8-5-2/h7-8,10-11,15-20,24-25,27-28,46H,4-6,9,12-14,21-23,26,29-45H2,1-3H3/b10-7-,11-8-,18-15-,19-16-,20-17-,27-24-,28-25-. The molecule has 0 aromatic rings. The molecule has 312 valence electrons. The summed E-state index contributed by atoms with van der Waals surface area (Å²) in [5.41, 5.74) is 0. The van der Waals surface area contributed by atoms with E-state index in [2.05, 4.69) is 106 Å². The highest BCUT2D eigenvalue weighted by molar-refractivity contribution is 5.71.